The third-order valence-electron chi connectivity index (χ3n) is 3.70. The first kappa shape index (κ1) is 15.3. The van der Waals surface area contributed by atoms with E-state index in [1.807, 2.05) is 47.1 Å². The van der Waals surface area contributed by atoms with Gasteiger partial charge in [0.1, 0.15) is 6.04 Å². The lowest BCUT2D eigenvalue weighted by Gasteiger charge is -2.35. The highest BCUT2D eigenvalue weighted by Gasteiger charge is 2.27. The zero-order valence-electron chi connectivity index (χ0n) is 12.4. The van der Waals surface area contributed by atoms with Crippen molar-refractivity contribution in [2.75, 3.05) is 37.7 Å². The van der Waals surface area contributed by atoms with Crippen LogP contribution in [-0.2, 0) is 9.53 Å². The van der Waals surface area contributed by atoms with Crippen molar-refractivity contribution < 1.29 is 9.53 Å². The molecule has 0 saturated carbocycles. The zero-order valence-corrected chi connectivity index (χ0v) is 12.4. The Morgan fingerprint density at radius 1 is 1.38 bits per heavy atom. The summed E-state index contributed by atoms with van der Waals surface area (Å²) in [5.74, 6) is 0.0973. The van der Waals surface area contributed by atoms with E-state index < -0.39 is 0 Å². The van der Waals surface area contributed by atoms with Crippen LogP contribution in [0.1, 0.15) is 13.3 Å². The van der Waals surface area contributed by atoms with E-state index >= 15 is 0 Å². The zero-order chi connectivity index (χ0) is 15.1. The van der Waals surface area contributed by atoms with E-state index in [0.29, 0.717) is 39.3 Å². The largest absolute Gasteiger partial charge is 0.378 e. The average molecular weight is 287 g/mol. The van der Waals surface area contributed by atoms with Crippen molar-refractivity contribution in [3.8, 4) is 6.07 Å². The van der Waals surface area contributed by atoms with Gasteiger partial charge in [-0.3, -0.25) is 4.79 Å². The predicted molar refractivity (Wildman–Crippen MR) is 80.9 cm³/mol. The Labute approximate surface area is 125 Å². The van der Waals surface area contributed by atoms with E-state index in [1.54, 1.807) is 0 Å². The molecule has 0 radical (unpaired) electrons. The number of morpholine rings is 1. The number of para-hydroxylation sites is 1. The number of amides is 1. The molecule has 2 rings (SSSR count). The van der Waals surface area contributed by atoms with Gasteiger partial charge in [0, 0.05) is 25.3 Å². The van der Waals surface area contributed by atoms with Gasteiger partial charge in [0.25, 0.3) is 0 Å². The molecule has 0 aromatic heterocycles. The topological polar surface area (TPSA) is 56.6 Å². The quantitative estimate of drug-likeness (QED) is 0.826. The van der Waals surface area contributed by atoms with Crippen LogP contribution in [0.25, 0.3) is 0 Å². The fourth-order valence-electron chi connectivity index (χ4n) is 2.52. The van der Waals surface area contributed by atoms with Gasteiger partial charge in [-0.1, -0.05) is 18.2 Å². The first-order chi connectivity index (χ1) is 10.2. The SMILES string of the molecule is CC(C(=O)N1CCOCC1)N(CCC#N)c1ccccc1. The Kier molecular flexibility index (Phi) is 5.59. The molecule has 1 heterocycles. The van der Waals surface area contributed by atoms with Crippen LogP contribution in [0.4, 0.5) is 5.69 Å². The van der Waals surface area contributed by atoms with Crippen LogP contribution in [0.5, 0.6) is 0 Å². The minimum absolute atomic E-state index is 0.0973. The lowest BCUT2D eigenvalue weighted by atomic mass is 10.1. The number of anilines is 1. The van der Waals surface area contributed by atoms with Crippen LogP contribution in [0.2, 0.25) is 0 Å². The summed E-state index contributed by atoms with van der Waals surface area (Å²) in [6.45, 7) is 4.94. The summed E-state index contributed by atoms with van der Waals surface area (Å²) in [7, 11) is 0. The maximum absolute atomic E-state index is 12.6. The van der Waals surface area contributed by atoms with Crippen molar-refractivity contribution in [1.29, 1.82) is 5.26 Å². The number of hydrogen-bond donors (Lipinski definition) is 0. The molecule has 1 atom stereocenters. The molecule has 1 fully saturated rings. The van der Waals surface area contributed by atoms with Gasteiger partial charge in [-0.25, -0.2) is 0 Å². The van der Waals surface area contributed by atoms with Crippen LogP contribution in [-0.4, -0.2) is 49.7 Å². The number of carbonyl (C=O) groups excluding carboxylic acids is 1. The molecule has 1 saturated heterocycles. The van der Waals surface area contributed by atoms with Gasteiger partial charge in [-0.2, -0.15) is 5.26 Å². The summed E-state index contributed by atoms with van der Waals surface area (Å²) >= 11 is 0. The van der Waals surface area contributed by atoms with Crippen LogP contribution in [0, 0.1) is 11.3 Å². The van der Waals surface area contributed by atoms with Gasteiger partial charge in [0.05, 0.1) is 25.7 Å². The van der Waals surface area contributed by atoms with Gasteiger partial charge < -0.3 is 14.5 Å². The lowest BCUT2D eigenvalue weighted by Crippen LogP contribution is -2.51. The fraction of sp³-hybridized carbons (Fsp3) is 0.500. The van der Waals surface area contributed by atoms with Gasteiger partial charge in [-0.05, 0) is 19.1 Å². The first-order valence-electron chi connectivity index (χ1n) is 7.29. The van der Waals surface area contributed by atoms with E-state index in [9.17, 15) is 4.79 Å². The van der Waals surface area contributed by atoms with Gasteiger partial charge in [-0.15, -0.1) is 0 Å². The molecule has 0 N–H and O–H groups in total. The van der Waals surface area contributed by atoms with E-state index in [2.05, 4.69) is 6.07 Å². The highest BCUT2D eigenvalue weighted by atomic mass is 16.5. The number of carbonyl (C=O) groups is 1. The van der Waals surface area contributed by atoms with E-state index in [-0.39, 0.29) is 11.9 Å². The Morgan fingerprint density at radius 2 is 2.05 bits per heavy atom. The Balaban J connectivity index is 2.11. The monoisotopic (exact) mass is 287 g/mol. The van der Waals surface area contributed by atoms with Crippen LogP contribution in [0.3, 0.4) is 0 Å². The van der Waals surface area contributed by atoms with Crippen molar-refractivity contribution >= 4 is 11.6 Å². The number of rotatable bonds is 5. The summed E-state index contributed by atoms with van der Waals surface area (Å²) in [6.07, 6.45) is 0.398. The second-order valence-electron chi connectivity index (χ2n) is 5.05. The molecule has 21 heavy (non-hydrogen) atoms. The molecular weight excluding hydrogens is 266 g/mol. The molecule has 0 aliphatic carbocycles. The molecule has 1 amide bonds. The maximum Gasteiger partial charge on any atom is 0.245 e. The molecule has 5 nitrogen and oxygen atoms in total. The predicted octanol–water partition coefficient (Wildman–Crippen LogP) is 1.65. The van der Waals surface area contributed by atoms with Crippen molar-refractivity contribution in [2.45, 2.75) is 19.4 Å². The Morgan fingerprint density at radius 3 is 2.67 bits per heavy atom. The maximum atomic E-state index is 12.6. The number of benzene rings is 1. The second kappa shape index (κ2) is 7.65. The van der Waals surface area contributed by atoms with Crippen LogP contribution < -0.4 is 4.90 Å². The van der Waals surface area contributed by atoms with E-state index in [1.165, 1.54) is 0 Å². The lowest BCUT2D eigenvalue weighted by molar-refractivity contribution is -0.136. The van der Waals surface area contributed by atoms with E-state index in [4.69, 9.17) is 10.00 Å². The molecule has 1 aromatic rings. The first-order valence-corrected chi connectivity index (χ1v) is 7.29. The smallest absolute Gasteiger partial charge is 0.245 e. The highest BCUT2D eigenvalue weighted by Crippen LogP contribution is 2.18. The molecule has 1 aliphatic rings. The van der Waals surface area contributed by atoms with Crippen molar-refractivity contribution in [1.82, 2.24) is 4.90 Å². The normalized spacial score (nSPS) is 16.1. The van der Waals surface area contributed by atoms with Gasteiger partial charge >= 0.3 is 0 Å². The Hall–Kier alpha value is -2.06. The standard InChI is InChI=1S/C16H21N3O2/c1-14(16(20)18-10-12-21-13-11-18)19(9-5-8-17)15-6-3-2-4-7-15/h2-4,6-7,14H,5,9-13H2,1H3. The molecule has 1 unspecified atom stereocenters. The van der Waals surface area contributed by atoms with Crippen molar-refractivity contribution in [3.63, 3.8) is 0 Å². The molecule has 1 aromatic carbocycles. The second-order valence-corrected chi connectivity index (χ2v) is 5.05. The molecule has 112 valence electrons. The number of ether oxygens (including phenoxy) is 1. The minimum Gasteiger partial charge on any atom is -0.378 e. The number of hydrogen-bond acceptors (Lipinski definition) is 4. The summed E-state index contributed by atoms with van der Waals surface area (Å²) in [5, 5.41) is 8.84. The molecular formula is C16H21N3O2. The fourth-order valence-corrected chi connectivity index (χ4v) is 2.52. The van der Waals surface area contributed by atoms with Gasteiger partial charge in [0.15, 0.2) is 0 Å². The third-order valence-corrected chi connectivity index (χ3v) is 3.70. The summed E-state index contributed by atoms with van der Waals surface area (Å²) in [5.41, 5.74) is 0.974. The molecule has 1 aliphatic heterocycles. The number of nitrogens with zero attached hydrogens (tertiary/aromatic N) is 3. The van der Waals surface area contributed by atoms with Crippen molar-refractivity contribution in [3.05, 3.63) is 30.3 Å². The van der Waals surface area contributed by atoms with Crippen LogP contribution in [0.15, 0.2) is 30.3 Å². The summed E-state index contributed by atoms with van der Waals surface area (Å²) in [4.78, 5) is 16.5. The van der Waals surface area contributed by atoms with Gasteiger partial charge in [0.2, 0.25) is 5.91 Å². The molecule has 0 bridgehead atoms. The highest BCUT2D eigenvalue weighted by molar-refractivity contribution is 5.85. The number of nitriles is 1. The summed E-state index contributed by atoms with van der Waals surface area (Å²) < 4.78 is 5.29. The van der Waals surface area contributed by atoms with E-state index in [0.717, 1.165) is 5.69 Å². The molecule has 5 heteroatoms. The average Bonchev–Trinajstić information content (AvgIpc) is 2.56. The van der Waals surface area contributed by atoms with Crippen molar-refractivity contribution in [2.24, 2.45) is 0 Å². The summed E-state index contributed by atoms with van der Waals surface area (Å²) in [6, 6.07) is 11.7. The Bertz CT molecular complexity index is 492. The molecule has 0 spiro atoms. The minimum atomic E-state index is -0.279. The van der Waals surface area contributed by atoms with Crippen LogP contribution >= 0.6 is 0 Å². The third kappa shape index (κ3) is 3.96.